The molecule has 0 saturated carbocycles. The van der Waals surface area contributed by atoms with E-state index in [1.165, 1.54) is 51.6 Å². The number of aliphatic hydroxyl groups is 1. The molecule has 0 aromatic rings. The zero-order chi connectivity index (χ0) is 12.6. The van der Waals surface area contributed by atoms with Gasteiger partial charge in [-0.2, -0.15) is 0 Å². The molecule has 2 aliphatic rings. The maximum absolute atomic E-state index is 9.93. The van der Waals surface area contributed by atoms with E-state index in [1.807, 2.05) is 0 Å². The van der Waals surface area contributed by atoms with Crippen molar-refractivity contribution >= 4 is 0 Å². The first-order valence-electron chi connectivity index (χ1n) is 7.63. The summed E-state index contributed by atoms with van der Waals surface area (Å²) in [5, 5.41) is 13.3. The van der Waals surface area contributed by atoms with Crippen LogP contribution in [0.1, 0.15) is 44.9 Å². The number of nitrogens with one attached hydrogen (secondary N) is 1. The van der Waals surface area contributed by atoms with Gasteiger partial charge in [0.25, 0.3) is 0 Å². The fourth-order valence-electron chi connectivity index (χ4n) is 2.98. The van der Waals surface area contributed by atoms with Crippen molar-refractivity contribution in [3.05, 3.63) is 11.6 Å². The molecule has 0 aromatic heterocycles. The minimum absolute atomic E-state index is 0.205. The van der Waals surface area contributed by atoms with Crippen LogP contribution in [-0.2, 0) is 0 Å². The molecular formula is C15H28N2O. The quantitative estimate of drug-likeness (QED) is 0.537. The standard InChI is InChI=1S/C15H28N2O/c18-15(13-17-10-4-5-11-17)12-16-9-8-14-6-2-1-3-7-14/h6,15-16,18H,1-5,7-13H2. The molecule has 1 aliphatic carbocycles. The summed E-state index contributed by atoms with van der Waals surface area (Å²) in [4.78, 5) is 2.37. The van der Waals surface area contributed by atoms with Gasteiger partial charge in [0.1, 0.15) is 0 Å². The van der Waals surface area contributed by atoms with E-state index in [4.69, 9.17) is 0 Å². The molecule has 0 aromatic carbocycles. The van der Waals surface area contributed by atoms with Crippen LogP contribution in [0.2, 0.25) is 0 Å². The van der Waals surface area contributed by atoms with Crippen LogP contribution < -0.4 is 5.32 Å². The predicted molar refractivity (Wildman–Crippen MR) is 75.7 cm³/mol. The van der Waals surface area contributed by atoms with Crippen LogP contribution in [0.15, 0.2) is 11.6 Å². The molecule has 1 unspecified atom stereocenters. The Morgan fingerprint density at radius 1 is 1.22 bits per heavy atom. The number of hydrogen-bond acceptors (Lipinski definition) is 3. The van der Waals surface area contributed by atoms with E-state index in [2.05, 4.69) is 16.3 Å². The van der Waals surface area contributed by atoms with Crippen molar-refractivity contribution in [2.45, 2.75) is 51.0 Å². The second kappa shape index (κ2) is 7.93. The fourth-order valence-corrected chi connectivity index (χ4v) is 2.98. The first-order valence-corrected chi connectivity index (χ1v) is 7.63. The second-order valence-corrected chi connectivity index (χ2v) is 5.72. The lowest BCUT2D eigenvalue weighted by molar-refractivity contribution is 0.124. The molecule has 2 rings (SSSR count). The highest BCUT2D eigenvalue weighted by Crippen LogP contribution is 2.19. The van der Waals surface area contributed by atoms with Crippen LogP contribution >= 0.6 is 0 Å². The van der Waals surface area contributed by atoms with Crippen LogP contribution in [0.25, 0.3) is 0 Å². The number of hydrogen-bond donors (Lipinski definition) is 2. The lowest BCUT2D eigenvalue weighted by Crippen LogP contribution is -2.37. The minimum atomic E-state index is -0.205. The Morgan fingerprint density at radius 2 is 2.06 bits per heavy atom. The van der Waals surface area contributed by atoms with Crippen LogP contribution in [0.4, 0.5) is 0 Å². The van der Waals surface area contributed by atoms with Crippen molar-refractivity contribution < 1.29 is 5.11 Å². The summed E-state index contributed by atoms with van der Waals surface area (Å²) in [6.07, 6.45) is 11.3. The molecule has 0 bridgehead atoms. The highest BCUT2D eigenvalue weighted by Gasteiger charge is 2.15. The summed E-state index contributed by atoms with van der Waals surface area (Å²) in [7, 11) is 0. The first-order chi connectivity index (χ1) is 8.84. The SMILES string of the molecule is OC(CNCCC1=CCCCC1)CN1CCCC1. The first kappa shape index (κ1) is 14.0. The number of nitrogens with zero attached hydrogens (tertiary/aromatic N) is 1. The summed E-state index contributed by atoms with van der Waals surface area (Å²) in [5.74, 6) is 0. The lowest BCUT2D eigenvalue weighted by Gasteiger charge is -2.20. The zero-order valence-electron chi connectivity index (χ0n) is 11.5. The van der Waals surface area contributed by atoms with Gasteiger partial charge < -0.3 is 15.3 Å². The average molecular weight is 252 g/mol. The Morgan fingerprint density at radius 3 is 2.78 bits per heavy atom. The summed E-state index contributed by atoms with van der Waals surface area (Å²) in [5.41, 5.74) is 1.61. The predicted octanol–water partition coefficient (Wildman–Crippen LogP) is 1.92. The van der Waals surface area contributed by atoms with Gasteiger partial charge in [-0.1, -0.05) is 11.6 Å². The monoisotopic (exact) mass is 252 g/mol. The van der Waals surface area contributed by atoms with Gasteiger partial charge in [-0.3, -0.25) is 0 Å². The topological polar surface area (TPSA) is 35.5 Å². The third-order valence-electron chi connectivity index (χ3n) is 4.06. The van der Waals surface area contributed by atoms with Crippen molar-refractivity contribution in [1.82, 2.24) is 10.2 Å². The number of β-amino-alcohol motifs (C(OH)–C–C–N with tert-alkyl or cyclic N) is 1. The highest BCUT2D eigenvalue weighted by atomic mass is 16.3. The van der Waals surface area contributed by atoms with E-state index in [-0.39, 0.29) is 6.10 Å². The fraction of sp³-hybridized carbons (Fsp3) is 0.867. The molecule has 3 nitrogen and oxygen atoms in total. The molecule has 1 aliphatic heterocycles. The number of likely N-dealkylation sites (tertiary alicyclic amines) is 1. The van der Waals surface area contributed by atoms with Gasteiger partial charge in [-0.25, -0.2) is 0 Å². The molecule has 18 heavy (non-hydrogen) atoms. The largest absolute Gasteiger partial charge is 0.390 e. The maximum Gasteiger partial charge on any atom is 0.0791 e. The Balaban J connectivity index is 1.50. The van der Waals surface area contributed by atoms with Crippen molar-refractivity contribution in [2.75, 3.05) is 32.7 Å². The van der Waals surface area contributed by atoms with Gasteiger partial charge in [0.05, 0.1) is 6.10 Å². The molecule has 3 heteroatoms. The van der Waals surface area contributed by atoms with Crippen LogP contribution in [0, 0.1) is 0 Å². The van der Waals surface area contributed by atoms with Crippen LogP contribution in [0.3, 0.4) is 0 Å². The smallest absolute Gasteiger partial charge is 0.0791 e. The van der Waals surface area contributed by atoms with Gasteiger partial charge >= 0.3 is 0 Å². The summed E-state index contributed by atoms with van der Waals surface area (Å²) in [6, 6.07) is 0. The van der Waals surface area contributed by atoms with Crippen molar-refractivity contribution in [1.29, 1.82) is 0 Å². The zero-order valence-corrected chi connectivity index (χ0v) is 11.5. The lowest BCUT2D eigenvalue weighted by atomic mass is 9.97. The molecule has 1 heterocycles. The third-order valence-corrected chi connectivity index (χ3v) is 4.06. The van der Waals surface area contributed by atoms with E-state index in [9.17, 15) is 5.11 Å². The van der Waals surface area contributed by atoms with E-state index in [1.54, 1.807) is 5.57 Å². The molecule has 0 spiro atoms. The molecule has 2 N–H and O–H groups in total. The van der Waals surface area contributed by atoms with E-state index in [0.717, 1.165) is 26.1 Å². The Bertz CT molecular complexity index is 259. The average Bonchev–Trinajstić information content (AvgIpc) is 2.89. The number of rotatable bonds is 7. The van der Waals surface area contributed by atoms with Crippen molar-refractivity contribution in [3.63, 3.8) is 0 Å². The van der Waals surface area contributed by atoms with Crippen LogP contribution in [0.5, 0.6) is 0 Å². The van der Waals surface area contributed by atoms with Crippen molar-refractivity contribution in [3.8, 4) is 0 Å². The Kier molecular flexibility index (Phi) is 6.18. The summed E-state index contributed by atoms with van der Waals surface area (Å²) >= 11 is 0. The second-order valence-electron chi connectivity index (χ2n) is 5.72. The van der Waals surface area contributed by atoms with E-state index >= 15 is 0 Å². The number of allylic oxidation sites excluding steroid dienone is 1. The third kappa shape index (κ3) is 5.09. The summed E-state index contributed by atoms with van der Waals surface area (Å²) < 4.78 is 0. The summed E-state index contributed by atoms with van der Waals surface area (Å²) in [6.45, 7) is 4.94. The maximum atomic E-state index is 9.93. The number of aliphatic hydroxyl groups excluding tert-OH is 1. The molecule has 104 valence electrons. The normalized spacial score (nSPS) is 23.1. The molecule has 0 radical (unpaired) electrons. The Labute approximate surface area is 111 Å². The molecule has 1 fully saturated rings. The van der Waals surface area contributed by atoms with Gasteiger partial charge in [-0.05, 0) is 64.6 Å². The van der Waals surface area contributed by atoms with Gasteiger partial charge in [0, 0.05) is 13.1 Å². The Hall–Kier alpha value is -0.380. The van der Waals surface area contributed by atoms with Gasteiger partial charge in [0.2, 0.25) is 0 Å². The molecule has 1 saturated heterocycles. The van der Waals surface area contributed by atoms with Crippen molar-refractivity contribution in [2.24, 2.45) is 0 Å². The molecule has 1 atom stereocenters. The van der Waals surface area contributed by atoms with E-state index < -0.39 is 0 Å². The van der Waals surface area contributed by atoms with Gasteiger partial charge in [0.15, 0.2) is 0 Å². The van der Waals surface area contributed by atoms with Gasteiger partial charge in [-0.15, -0.1) is 0 Å². The molecule has 0 amide bonds. The highest BCUT2D eigenvalue weighted by molar-refractivity contribution is 5.05. The van der Waals surface area contributed by atoms with E-state index in [0.29, 0.717) is 0 Å². The molecular weight excluding hydrogens is 224 g/mol. The van der Waals surface area contributed by atoms with Crippen LogP contribution in [-0.4, -0.2) is 48.8 Å². The minimum Gasteiger partial charge on any atom is -0.390 e.